The van der Waals surface area contributed by atoms with Gasteiger partial charge in [-0.3, -0.25) is 9.59 Å². The first-order valence-corrected chi connectivity index (χ1v) is 21.8. The monoisotopic (exact) mass is 741 g/mol. The van der Waals surface area contributed by atoms with E-state index in [1.54, 1.807) is 0 Å². The largest absolute Gasteiger partial charge is 0.462 e. The summed E-state index contributed by atoms with van der Waals surface area (Å²) >= 11 is 0. The second-order valence-electron chi connectivity index (χ2n) is 15.3. The van der Waals surface area contributed by atoms with Gasteiger partial charge in [0.25, 0.3) is 0 Å². The van der Waals surface area contributed by atoms with Crippen LogP contribution in [0.25, 0.3) is 0 Å². The number of unbranched alkanes of at least 4 members (excludes halogenated alkanes) is 15. The maximum absolute atomic E-state index is 12.2. The molecule has 1 aliphatic rings. The van der Waals surface area contributed by atoms with Gasteiger partial charge in [0, 0.05) is 12.8 Å². The molecule has 0 bridgehead atoms. The molecule has 0 aromatic heterocycles. The SMILES string of the molecule is CC/C=C\CC1OC1C/C=C\C/C=C\C/C=C\C/C=C\CCC(=O)OC[C@H](CO)OC(=O)CCCCCCCCCCCCCCCCCCC(C)C. The Kier molecular flexibility index (Phi) is 33.5. The number of aliphatic hydroxyl groups excluding tert-OH is 1. The minimum Gasteiger partial charge on any atom is -0.462 e. The first kappa shape index (κ1) is 48.6. The summed E-state index contributed by atoms with van der Waals surface area (Å²) in [4.78, 5) is 24.3. The van der Waals surface area contributed by atoms with Gasteiger partial charge < -0.3 is 19.3 Å². The van der Waals surface area contributed by atoms with E-state index >= 15 is 0 Å². The van der Waals surface area contributed by atoms with Crippen molar-refractivity contribution >= 4 is 11.9 Å². The Morgan fingerprint density at radius 3 is 1.53 bits per heavy atom. The zero-order valence-corrected chi connectivity index (χ0v) is 34.4. The second-order valence-corrected chi connectivity index (χ2v) is 15.3. The Bertz CT molecular complexity index is 1010. The molecule has 1 N–H and O–H groups in total. The highest BCUT2D eigenvalue weighted by molar-refractivity contribution is 5.70. The Morgan fingerprint density at radius 1 is 0.585 bits per heavy atom. The number of hydrogen-bond donors (Lipinski definition) is 1. The quantitative estimate of drug-likeness (QED) is 0.0295. The molecular weight excluding hydrogens is 661 g/mol. The zero-order valence-electron chi connectivity index (χ0n) is 34.4. The molecule has 0 saturated carbocycles. The zero-order chi connectivity index (χ0) is 38.5. The van der Waals surface area contributed by atoms with Crippen molar-refractivity contribution in [1.29, 1.82) is 0 Å². The van der Waals surface area contributed by atoms with Crippen LogP contribution in [0.3, 0.4) is 0 Å². The summed E-state index contributed by atoms with van der Waals surface area (Å²) < 4.78 is 16.3. The normalized spacial score (nSPS) is 16.7. The standard InChI is InChI=1S/C47H80O6/c1-4-5-30-36-44-45(53-44)37-32-27-23-19-15-12-13-16-20-24-28-33-38-46(49)51-41-43(40-48)52-47(50)39-34-29-25-21-17-11-9-7-6-8-10-14-18-22-26-31-35-42(2)3/h5,13,15-16,19,24,27-28,30,32,42-45,48H,4,6-12,14,17-18,20-23,25-26,29,31,33-41H2,1-3H3/b16-13-,19-15-,28-24-,30-5-,32-27-/t43-,44?,45?/m0/s1. The predicted octanol–water partition coefficient (Wildman–Crippen LogP) is 12.8. The van der Waals surface area contributed by atoms with Crippen LogP contribution < -0.4 is 0 Å². The van der Waals surface area contributed by atoms with Gasteiger partial charge in [0.15, 0.2) is 6.10 Å². The van der Waals surface area contributed by atoms with Crippen LogP contribution in [0.5, 0.6) is 0 Å². The van der Waals surface area contributed by atoms with Crippen LogP contribution in [-0.4, -0.2) is 48.6 Å². The Balaban J connectivity index is 1.90. The second kappa shape index (κ2) is 36.5. The van der Waals surface area contributed by atoms with Gasteiger partial charge in [0.2, 0.25) is 0 Å². The average Bonchev–Trinajstić information content (AvgIpc) is 3.90. The molecule has 3 atom stereocenters. The van der Waals surface area contributed by atoms with Crippen molar-refractivity contribution in [3.8, 4) is 0 Å². The number of carbonyl (C=O) groups is 2. The number of allylic oxidation sites excluding steroid dienone is 8. The predicted molar refractivity (Wildman–Crippen MR) is 223 cm³/mol. The molecule has 1 saturated heterocycles. The maximum atomic E-state index is 12.2. The molecule has 0 aromatic rings. The van der Waals surface area contributed by atoms with Gasteiger partial charge in [0.1, 0.15) is 6.61 Å². The highest BCUT2D eigenvalue weighted by Crippen LogP contribution is 2.29. The molecule has 6 heteroatoms. The number of rotatable bonds is 37. The molecule has 1 rings (SSSR count). The Labute approximate surface area is 326 Å². The lowest BCUT2D eigenvalue weighted by Crippen LogP contribution is -2.28. The highest BCUT2D eigenvalue weighted by atomic mass is 16.6. The molecule has 53 heavy (non-hydrogen) atoms. The molecule has 6 nitrogen and oxygen atoms in total. The molecule has 0 aliphatic carbocycles. The van der Waals surface area contributed by atoms with Crippen LogP contribution in [0.2, 0.25) is 0 Å². The van der Waals surface area contributed by atoms with Gasteiger partial charge in [0.05, 0.1) is 18.8 Å². The Morgan fingerprint density at radius 2 is 1.04 bits per heavy atom. The van der Waals surface area contributed by atoms with Crippen molar-refractivity contribution in [3.63, 3.8) is 0 Å². The minimum absolute atomic E-state index is 0.109. The van der Waals surface area contributed by atoms with Crippen molar-refractivity contribution in [1.82, 2.24) is 0 Å². The third-order valence-electron chi connectivity index (χ3n) is 9.67. The number of hydrogen-bond acceptors (Lipinski definition) is 6. The van der Waals surface area contributed by atoms with Gasteiger partial charge in [-0.25, -0.2) is 0 Å². The molecular formula is C47H80O6. The lowest BCUT2D eigenvalue weighted by molar-refractivity contribution is -0.161. The van der Waals surface area contributed by atoms with E-state index in [4.69, 9.17) is 14.2 Å². The smallest absolute Gasteiger partial charge is 0.306 e. The molecule has 0 radical (unpaired) electrons. The first-order valence-electron chi connectivity index (χ1n) is 21.8. The number of aliphatic hydroxyl groups is 1. The molecule has 0 amide bonds. The average molecular weight is 741 g/mol. The maximum Gasteiger partial charge on any atom is 0.306 e. The molecule has 1 fully saturated rings. The lowest BCUT2D eigenvalue weighted by Gasteiger charge is -2.15. The topological polar surface area (TPSA) is 85.4 Å². The first-order chi connectivity index (χ1) is 26.0. The summed E-state index contributed by atoms with van der Waals surface area (Å²) in [6.45, 7) is 6.32. The third kappa shape index (κ3) is 33.8. The molecule has 0 aromatic carbocycles. The van der Waals surface area contributed by atoms with E-state index in [-0.39, 0.29) is 31.6 Å². The summed E-state index contributed by atoms with van der Waals surface area (Å²) in [7, 11) is 0. The van der Waals surface area contributed by atoms with E-state index in [1.165, 1.54) is 89.9 Å². The summed E-state index contributed by atoms with van der Waals surface area (Å²) in [6.07, 6.45) is 50.5. The molecule has 0 spiro atoms. The van der Waals surface area contributed by atoms with Crippen molar-refractivity contribution in [2.45, 2.75) is 206 Å². The summed E-state index contributed by atoms with van der Waals surface area (Å²) in [5.41, 5.74) is 0. The highest BCUT2D eigenvalue weighted by Gasteiger charge is 2.35. The number of epoxide rings is 1. The van der Waals surface area contributed by atoms with Crippen molar-refractivity contribution in [2.24, 2.45) is 5.92 Å². The molecule has 1 aliphatic heterocycles. The number of ether oxygens (including phenoxy) is 3. The Hall–Kier alpha value is -2.44. The van der Waals surface area contributed by atoms with Gasteiger partial charge in [-0.15, -0.1) is 0 Å². The number of carbonyl (C=O) groups excluding carboxylic acids is 2. The number of esters is 2. The fourth-order valence-corrected chi connectivity index (χ4v) is 6.28. The van der Waals surface area contributed by atoms with Crippen LogP contribution in [0, 0.1) is 5.92 Å². The van der Waals surface area contributed by atoms with E-state index in [0.29, 0.717) is 25.0 Å². The fraction of sp³-hybridized carbons (Fsp3) is 0.745. The summed E-state index contributed by atoms with van der Waals surface area (Å²) in [6, 6.07) is 0. The molecule has 304 valence electrons. The van der Waals surface area contributed by atoms with Gasteiger partial charge in [-0.05, 0) is 57.3 Å². The molecule has 2 unspecified atom stereocenters. The van der Waals surface area contributed by atoms with Crippen molar-refractivity contribution in [3.05, 3.63) is 60.8 Å². The van der Waals surface area contributed by atoms with Crippen LogP contribution in [0.15, 0.2) is 60.8 Å². The lowest BCUT2D eigenvalue weighted by atomic mass is 10.0. The van der Waals surface area contributed by atoms with E-state index in [1.807, 2.05) is 12.2 Å². The fourth-order valence-electron chi connectivity index (χ4n) is 6.28. The summed E-state index contributed by atoms with van der Waals surface area (Å²) in [5.74, 6) is 0.162. The van der Waals surface area contributed by atoms with Gasteiger partial charge in [-0.2, -0.15) is 0 Å². The van der Waals surface area contributed by atoms with E-state index in [2.05, 4.69) is 69.4 Å². The van der Waals surface area contributed by atoms with Crippen molar-refractivity contribution in [2.75, 3.05) is 13.2 Å². The molecule has 1 heterocycles. The van der Waals surface area contributed by atoms with E-state index < -0.39 is 6.10 Å². The van der Waals surface area contributed by atoms with Crippen molar-refractivity contribution < 1.29 is 28.9 Å². The third-order valence-corrected chi connectivity index (χ3v) is 9.67. The van der Waals surface area contributed by atoms with Gasteiger partial charge in [-0.1, -0.05) is 184 Å². The van der Waals surface area contributed by atoms with E-state index in [9.17, 15) is 14.7 Å². The van der Waals surface area contributed by atoms with Crippen LogP contribution in [0.4, 0.5) is 0 Å². The van der Waals surface area contributed by atoms with Crippen LogP contribution in [-0.2, 0) is 23.8 Å². The summed E-state index contributed by atoms with van der Waals surface area (Å²) in [5, 5.41) is 9.58. The van der Waals surface area contributed by atoms with Crippen LogP contribution >= 0.6 is 0 Å². The van der Waals surface area contributed by atoms with E-state index in [0.717, 1.165) is 63.7 Å². The minimum atomic E-state index is -0.806. The van der Waals surface area contributed by atoms with Gasteiger partial charge >= 0.3 is 11.9 Å². The van der Waals surface area contributed by atoms with Crippen LogP contribution in [0.1, 0.15) is 188 Å².